The highest BCUT2D eigenvalue weighted by molar-refractivity contribution is 5.96. The molecule has 0 spiro atoms. The molecule has 1 amide bonds. The number of piperidine rings is 1. The second-order valence-electron chi connectivity index (χ2n) is 7.07. The summed E-state index contributed by atoms with van der Waals surface area (Å²) < 4.78 is 0. The van der Waals surface area contributed by atoms with Gasteiger partial charge in [0.2, 0.25) is 0 Å². The monoisotopic (exact) mass is 351 g/mol. The maximum absolute atomic E-state index is 13.2. The Morgan fingerprint density at radius 3 is 2.54 bits per heavy atom. The zero-order valence-electron chi connectivity index (χ0n) is 15.1. The van der Waals surface area contributed by atoms with Crippen LogP contribution in [-0.4, -0.2) is 34.5 Å². The number of rotatable bonds is 5. The lowest BCUT2D eigenvalue weighted by atomic mass is 9.95. The van der Waals surface area contributed by atoms with Crippen LogP contribution in [-0.2, 0) is 11.2 Å². The van der Waals surface area contributed by atoms with Crippen LogP contribution in [0.1, 0.15) is 52.7 Å². The van der Waals surface area contributed by atoms with Gasteiger partial charge in [0.05, 0.1) is 6.42 Å². The van der Waals surface area contributed by atoms with Crippen molar-refractivity contribution in [2.24, 2.45) is 0 Å². The molecule has 0 bridgehead atoms. The highest BCUT2D eigenvalue weighted by atomic mass is 16.4. The summed E-state index contributed by atoms with van der Waals surface area (Å²) in [5.41, 5.74) is 4.05. The summed E-state index contributed by atoms with van der Waals surface area (Å²) >= 11 is 0. The number of aryl methyl sites for hydroxylation is 1. The molecular weight excluding hydrogens is 326 g/mol. The molecule has 2 aromatic carbocycles. The van der Waals surface area contributed by atoms with Gasteiger partial charge in [0.15, 0.2) is 0 Å². The predicted molar refractivity (Wildman–Crippen MR) is 101 cm³/mol. The normalized spacial score (nSPS) is 17.1. The molecular formula is C22H25NO3. The fourth-order valence-corrected chi connectivity index (χ4v) is 3.65. The second kappa shape index (κ2) is 8.17. The van der Waals surface area contributed by atoms with Crippen LogP contribution >= 0.6 is 0 Å². The van der Waals surface area contributed by atoms with E-state index in [4.69, 9.17) is 5.11 Å². The Kier molecular flexibility index (Phi) is 5.71. The quantitative estimate of drug-likeness (QED) is 0.884. The first kappa shape index (κ1) is 18.2. The molecule has 1 aliphatic heterocycles. The van der Waals surface area contributed by atoms with Crippen molar-refractivity contribution in [2.75, 3.05) is 6.54 Å². The van der Waals surface area contributed by atoms with Crippen molar-refractivity contribution >= 4 is 11.9 Å². The van der Waals surface area contributed by atoms with Gasteiger partial charge in [0.25, 0.3) is 5.91 Å². The van der Waals surface area contributed by atoms with Crippen molar-refractivity contribution in [1.29, 1.82) is 0 Å². The Morgan fingerprint density at radius 1 is 1.08 bits per heavy atom. The number of hydrogen-bond donors (Lipinski definition) is 1. The number of likely N-dealkylation sites (tertiary alicyclic amines) is 1. The van der Waals surface area contributed by atoms with E-state index in [0.29, 0.717) is 18.5 Å². The summed E-state index contributed by atoms with van der Waals surface area (Å²) in [6.45, 7) is 2.69. The topological polar surface area (TPSA) is 57.6 Å². The molecule has 1 heterocycles. The van der Waals surface area contributed by atoms with Crippen LogP contribution in [0, 0.1) is 6.92 Å². The average molecular weight is 351 g/mol. The second-order valence-corrected chi connectivity index (χ2v) is 7.07. The van der Waals surface area contributed by atoms with Crippen LogP contribution in [0.2, 0.25) is 0 Å². The van der Waals surface area contributed by atoms with Gasteiger partial charge in [-0.2, -0.15) is 0 Å². The van der Waals surface area contributed by atoms with Crippen molar-refractivity contribution in [3.05, 3.63) is 70.8 Å². The van der Waals surface area contributed by atoms with Crippen molar-refractivity contribution in [3.8, 4) is 0 Å². The minimum Gasteiger partial charge on any atom is -0.481 e. The van der Waals surface area contributed by atoms with Crippen LogP contribution < -0.4 is 0 Å². The summed E-state index contributed by atoms with van der Waals surface area (Å²) in [5.74, 6) is -0.888. The van der Waals surface area contributed by atoms with Crippen LogP contribution in [0.3, 0.4) is 0 Å². The summed E-state index contributed by atoms with van der Waals surface area (Å²) in [7, 11) is 0. The number of carboxylic acid groups (broad SMARTS) is 1. The Hall–Kier alpha value is -2.62. The number of carbonyl (C=O) groups excluding carboxylic acids is 1. The minimum absolute atomic E-state index is 0.0197. The number of aliphatic carboxylic acids is 1. The van der Waals surface area contributed by atoms with E-state index in [9.17, 15) is 9.59 Å². The number of amides is 1. The van der Waals surface area contributed by atoms with E-state index < -0.39 is 5.97 Å². The molecule has 26 heavy (non-hydrogen) atoms. The molecule has 0 unspecified atom stereocenters. The van der Waals surface area contributed by atoms with Gasteiger partial charge in [-0.1, -0.05) is 48.0 Å². The largest absolute Gasteiger partial charge is 0.481 e. The van der Waals surface area contributed by atoms with Gasteiger partial charge in [-0.25, -0.2) is 0 Å². The predicted octanol–water partition coefficient (Wildman–Crippen LogP) is 4.06. The first-order valence-corrected chi connectivity index (χ1v) is 9.21. The fourth-order valence-electron chi connectivity index (χ4n) is 3.65. The van der Waals surface area contributed by atoms with Gasteiger partial charge in [-0.3, -0.25) is 9.59 Å². The molecule has 4 nitrogen and oxygen atoms in total. The number of nitrogens with zero attached hydrogens (tertiary/aromatic N) is 1. The lowest BCUT2D eigenvalue weighted by Gasteiger charge is -2.35. The van der Waals surface area contributed by atoms with Crippen LogP contribution in [0.5, 0.6) is 0 Å². The standard InChI is InChI=1S/C22H25NO3/c1-16-9-11-17(12-10-16)14-18-6-2-3-8-20(18)22(26)23-13-5-4-7-19(23)15-21(24)25/h2-3,6,8-12,19H,4-5,7,13-15H2,1H3,(H,24,25)/t19-/m1/s1. The maximum atomic E-state index is 13.2. The van der Waals surface area contributed by atoms with Crippen molar-refractivity contribution in [3.63, 3.8) is 0 Å². The van der Waals surface area contributed by atoms with Gasteiger partial charge in [-0.05, 0) is 49.8 Å². The third-order valence-electron chi connectivity index (χ3n) is 5.06. The highest BCUT2D eigenvalue weighted by Gasteiger charge is 2.30. The van der Waals surface area contributed by atoms with Gasteiger partial charge >= 0.3 is 5.97 Å². The molecule has 3 rings (SSSR count). The van der Waals surface area contributed by atoms with Gasteiger partial charge in [0, 0.05) is 18.2 Å². The lowest BCUT2D eigenvalue weighted by molar-refractivity contribution is -0.138. The molecule has 136 valence electrons. The molecule has 1 saturated heterocycles. The first-order valence-electron chi connectivity index (χ1n) is 9.21. The molecule has 4 heteroatoms. The van der Waals surface area contributed by atoms with Gasteiger partial charge < -0.3 is 10.0 Å². The van der Waals surface area contributed by atoms with E-state index in [2.05, 4.69) is 31.2 Å². The number of carbonyl (C=O) groups is 2. The first-order chi connectivity index (χ1) is 12.5. The molecule has 0 saturated carbocycles. The van der Waals surface area contributed by atoms with Gasteiger partial charge in [0.1, 0.15) is 0 Å². The zero-order valence-corrected chi connectivity index (χ0v) is 15.1. The Bertz CT molecular complexity index is 782. The lowest BCUT2D eigenvalue weighted by Crippen LogP contribution is -2.45. The highest BCUT2D eigenvalue weighted by Crippen LogP contribution is 2.24. The molecule has 2 aromatic rings. The van der Waals surface area contributed by atoms with Crippen LogP contribution in [0.15, 0.2) is 48.5 Å². The maximum Gasteiger partial charge on any atom is 0.305 e. The van der Waals surface area contributed by atoms with E-state index in [1.807, 2.05) is 24.3 Å². The molecule has 1 aliphatic rings. The van der Waals surface area contributed by atoms with Crippen LogP contribution in [0.4, 0.5) is 0 Å². The molecule has 0 aliphatic carbocycles. The van der Waals surface area contributed by atoms with E-state index in [1.165, 1.54) is 5.56 Å². The Morgan fingerprint density at radius 2 is 1.81 bits per heavy atom. The molecule has 1 N–H and O–H groups in total. The van der Waals surface area contributed by atoms with Crippen molar-refractivity contribution in [1.82, 2.24) is 4.90 Å². The van der Waals surface area contributed by atoms with Crippen molar-refractivity contribution < 1.29 is 14.7 Å². The number of benzene rings is 2. The van der Waals surface area contributed by atoms with Crippen LogP contribution in [0.25, 0.3) is 0 Å². The van der Waals surface area contributed by atoms with E-state index in [0.717, 1.165) is 30.4 Å². The zero-order chi connectivity index (χ0) is 18.5. The Balaban J connectivity index is 1.84. The third kappa shape index (κ3) is 4.31. The van der Waals surface area contributed by atoms with Crippen molar-refractivity contribution in [2.45, 2.75) is 45.1 Å². The number of carboxylic acids is 1. The summed E-state index contributed by atoms with van der Waals surface area (Å²) in [4.78, 5) is 26.1. The van der Waals surface area contributed by atoms with E-state index in [1.54, 1.807) is 4.90 Å². The molecule has 0 radical (unpaired) electrons. The third-order valence-corrected chi connectivity index (χ3v) is 5.06. The Labute approximate surface area is 154 Å². The average Bonchev–Trinajstić information content (AvgIpc) is 2.63. The SMILES string of the molecule is Cc1ccc(Cc2ccccc2C(=O)N2CCCC[C@@H]2CC(=O)O)cc1. The summed E-state index contributed by atoms with van der Waals surface area (Å²) in [6.07, 6.45) is 3.39. The molecule has 0 aromatic heterocycles. The van der Waals surface area contributed by atoms with E-state index in [-0.39, 0.29) is 18.4 Å². The molecule has 1 fully saturated rings. The smallest absolute Gasteiger partial charge is 0.305 e. The fraction of sp³-hybridized carbons (Fsp3) is 0.364. The van der Waals surface area contributed by atoms with E-state index >= 15 is 0 Å². The minimum atomic E-state index is -0.845. The van der Waals surface area contributed by atoms with Gasteiger partial charge in [-0.15, -0.1) is 0 Å². The summed E-state index contributed by atoms with van der Waals surface area (Å²) in [5, 5.41) is 9.17. The number of hydrogen-bond acceptors (Lipinski definition) is 2. The summed E-state index contributed by atoms with van der Waals surface area (Å²) in [6, 6.07) is 15.8. The molecule has 1 atom stereocenters.